The van der Waals surface area contributed by atoms with Crippen LogP contribution in [0.4, 0.5) is 0 Å². The second kappa shape index (κ2) is 10.8. The number of ether oxygens (including phenoxy) is 2. The Morgan fingerprint density at radius 1 is 0.900 bits per heavy atom. The van der Waals surface area contributed by atoms with E-state index in [0.717, 1.165) is 16.9 Å². The minimum atomic E-state index is -2.47. The summed E-state index contributed by atoms with van der Waals surface area (Å²) in [5.74, 6) is -5.84. The normalized spacial score (nSPS) is 28.9. The lowest BCUT2D eigenvalue weighted by Crippen LogP contribution is -2.77. The fourth-order valence-electron chi connectivity index (χ4n) is 5.41. The Morgan fingerprint density at radius 2 is 1.38 bits per heavy atom. The van der Waals surface area contributed by atoms with Gasteiger partial charge < -0.3 is 20.1 Å². The molecule has 0 radical (unpaired) electrons. The monoisotopic (exact) mass is 592 g/mol. The molecule has 2 saturated heterocycles. The van der Waals surface area contributed by atoms with Crippen LogP contribution in [-0.2, 0) is 38.2 Å². The van der Waals surface area contributed by atoms with E-state index in [9.17, 15) is 28.8 Å². The summed E-state index contributed by atoms with van der Waals surface area (Å²) in [5.41, 5.74) is -7.51. The second-order valence-corrected chi connectivity index (χ2v) is 11.9. The molecule has 3 unspecified atom stereocenters. The number of nitrogens with zero attached hydrogens (tertiary/aromatic N) is 2. The Labute approximate surface area is 242 Å². The van der Waals surface area contributed by atoms with Crippen LogP contribution in [0.1, 0.15) is 40.0 Å². The zero-order valence-corrected chi connectivity index (χ0v) is 24.7. The Bertz CT molecular complexity index is 1270. The first kappa shape index (κ1) is 31.0. The molecule has 0 saturated carbocycles. The number of thiocarbonyl (C=S) groups is 2. The number of carbonyl (C=O) groups excluding carboxylic acids is 6. The maximum Gasteiger partial charge on any atom is 0.307 e. The van der Waals surface area contributed by atoms with Gasteiger partial charge in [-0.1, -0.05) is 45.1 Å². The van der Waals surface area contributed by atoms with E-state index in [1.165, 1.54) is 26.2 Å². The predicted molar refractivity (Wildman–Crippen MR) is 149 cm³/mol. The van der Waals surface area contributed by atoms with Gasteiger partial charge in [-0.25, -0.2) is 0 Å². The van der Waals surface area contributed by atoms with Gasteiger partial charge >= 0.3 is 11.9 Å². The van der Waals surface area contributed by atoms with Gasteiger partial charge in [-0.3, -0.25) is 38.6 Å². The van der Waals surface area contributed by atoms with E-state index in [2.05, 4.69) is 10.6 Å². The molecule has 2 N–H and O–H groups in total. The molecule has 0 aromatic carbocycles. The number of methoxy groups -OCH3 is 1. The molecule has 0 spiro atoms. The van der Waals surface area contributed by atoms with Gasteiger partial charge in [0, 0.05) is 19.5 Å². The number of hydrogen-bond acceptors (Lipinski definition) is 10. The molecule has 2 heterocycles. The lowest BCUT2D eigenvalue weighted by Gasteiger charge is -2.58. The molecule has 2 fully saturated rings. The van der Waals surface area contributed by atoms with Crippen LogP contribution in [0.2, 0.25) is 0 Å². The second-order valence-electron chi connectivity index (χ2n) is 11.2. The predicted octanol–water partition coefficient (Wildman–Crippen LogP) is 0.750. The van der Waals surface area contributed by atoms with Crippen molar-refractivity contribution in [1.82, 2.24) is 20.4 Å². The van der Waals surface area contributed by atoms with E-state index in [-0.39, 0.29) is 23.3 Å². The van der Waals surface area contributed by atoms with Crippen LogP contribution in [0.25, 0.3) is 0 Å². The highest BCUT2D eigenvalue weighted by molar-refractivity contribution is 7.80. The first-order valence-electron chi connectivity index (χ1n) is 12.3. The van der Waals surface area contributed by atoms with Crippen molar-refractivity contribution < 1.29 is 38.2 Å². The molecule has 3 rings (SSSR count). The summed E-state index contributed by atoms with van der Waals surface area (Å²) in [6.45, 7) is 5.43. The molecule has 0 aromatic heterocycles. The Kier molecular flexibility index (Phi) is 8.38. The lowest BCUT2D eigenvalue weighted by molar-refractivity contribution is -0.186. The molecule has 1 aliphatic carbocycles. The van der Waals surface area contributed by atoms with Crippen LogP contribution in [0, 0.1) is 21.7 Å². The van der Waals surface area contributed by atoms with Crippen molar-refractivity contribution >= 4 is 70.2 Å². The van der Waals surface area contributed by atoms with Gasteiger partial charge in [-0.15, -0.1) is 0 Å². The quantitative estimate of drug-likeness (QED) is 0.246. The molecule has 0 bridgehead atoms. The maximum absolute atomic E-state index is 14.3. The first-order chi connectivity index (χ1) is 18.5. The molecule has 2 aliphatic heterocycles. The van der Waals surface area contributed by atoms with E-state index < -0.39 is 70.1 Å². The van der Waals surface area contributed by atoms with Crippen LogP contribution in [0.15, 0.2) is 24.3 Å². The molecular formula is C26H32N4O8S2. The zero-order valence-electron chi connectivity index (χ0n) is 23.1. The zero-order chi connectivity index (χ0) is 30.3. The molecule has 40 heavy (non-hydrogen) atoms. The van der Waals surface area contributed by atoms with E-state index in [4.69, 9.17) is 33.9 Å². The number of amides is 4. The first-order valence-corrected chi connectivity index (χ1v) is 13.2. The highest BCUT2D eigenvalue weighted by Crippen LogP contribution is 2.62. The molecule has 216 valence electrons. The van der Waals surface area contributed by atoms with E-state index >= 15 is 0 Å². The number of nitrogens with one attached hydrogen (secondary N) is 2. The molecule has 12 nitrogen and oxygen atoms in total. The van der Waals surface area contributed by atoms with Gasteiger partial charge in [0.1, 0.15) is 10.8 Å². The van der Waals surface area contributed by atoms with Crippen molar-refractivity contribution in [3.63, 3.8) is 0 Å². The number of hydrogen-bond donors (Lipinski definition) is 2. The molecular weight excluding hydrogens is 560 g/mol. The smallest absolute Gasteiger partial charge is 0.307 e. The number of carbonyl (C=O) groups is 6. The number of rotatable bonds is 7. The highest BCUT2D eigenvalue weighted by Gasteiger charge is 2.77. The largest absolute Gasteiger partial charge is 0.469 e. The van der Waals surface area contributed by atoms with Crippen LogP contribution in [0.5, 0.6) is 0 Å². The van der Waals surface area contributed by atoms with Crippen molar-refractivity contribution in [2.24, 2.45) is 21.7 Å². The number of allylic oxidation sites excluding steroid dienone is 4. The molecule has 3 aliphatic rings. The highest BCUT2D eigenvalue weighted by atomic mass is 32.1. The van der Waals surface area contributed by atoms with E-state index in [1.807, 2.05) is 20.8 Å². The Hall–Kier alpha value is -3.52. The van der Waals surface area contributed by atoms with E-state index in [1.54, 1.807) is 12.2 Å². The Morgan fingerprint density at radius 3 is 1.77 bits per heavy atom. The van der Waals surface area contributed by atoms with Gasteiger partial charge in [0.15, 0.2) is 10.2 Å². The summed E-state index contributed by atoms with van der Waals surface area (Å²) in [5, 5.41) is 4.42. The summed E-state index contributed by atoms with van der Waals surface area (Å²) < 4.78 is 10.3. The Balaban J connectivity index is 2.42. The summed E-state index contributed by atoms with van der Waals surface area (Å²) in [7, 11) is 3.66. The average Bonchev–Trinajstić information content (AvgIpc) is 2.89. The summed E-state index contributed by atoms with van der Waals surface area (Å²) in [4.78, 5) is 84.9. The SMILES string of the molecule is COC(=O)CC1(C2(C3(CC(=O)OCC(C)(C)C)C(=O)NC(=S)N(C)C3=O)C=CC=CC2)C(=O)NC(=S)N(C)C1=O. The topological polar surface area (TPSA) is 151 Å². The fourth-order valence-corrected chi connectivity index (χ4v) is 5.76. The lowest BCUT2D eigenvalue weighted by atomic mass is 9.44. The molecule has 0 aromatic rings. The number of esters is 2. The van der Waals surface area contributed by atoms with Gasteiger partial charge in [0.2, 0.25) is 23.6 Å². The van der Waals surface area contributed by atoms with Crippen LogP contribution in [0.3, 0.4) is 0 Å². The third kappa shape index (κ3) is 4.72. The third-order valence-electron chi connectivity index (χ3n) is 7.47. The fraction of sp³-hybridized carbons (Fsp3) is 0.538. The van der Waals surface area contributed by atoms with Gasteiger partial charge in [0.05, 0.1) is 26.6 Å². The average molecular weight is 593 g/mol. The third-order valence-corrected chi connectivity index (χ3v) is 8.22. The van der Waals surface area contributed by atoms with Crippen LogP contribution in [-0.4, -0.2) is 83.4 Å². The van der Waals surface area contributed by atoms with Crippen molar-refractivity contribution in [3.05, 3.63) is 24.3 Å². The minimum Gasteiger partial charge on any atom is -0.469 e. The van der Waals surface area contributed by atoms with Gasteiger partial charge in [-0.2, -0.15) is 0 Å². The standard InChI is InChI=1S/C26H32N4O8S2/c1-23(2,3)14-38-16(32)13-26(18(34)28-22(40)30(5)20(26)36)24(10-8-7-9-11-24)25(12-15(31)37-6)17(33)27-21(39)29(4)19(25)35/h7-10H,11-14H2,1-6H3,(H,27,33,39)(H,28,34,40). The van der Waals surface area contributed by atoms with Crippen LogP contribution < -0.4 is 10.6 Å². The molecule has 4 amide bonds. The molecule has 14 heteroatoms. The van der Waals surface area contributed by atoms with Crippen LogP contribution >= 0.6 is 24.4 Å². The molecule has 3 atom stereocenters. The van der Waals surface area contributed by atoms with Gasteiger partial charge in [-0.05, 0) is 36.3 Å². The summed E-state index contributed by atoms with van der Waals surface area (Å²) >= 11 is 10.3. The van der Waals surface area contributed by atoms with E-state index in [0.29, 0.717) is 0 Å². The summed E-state index contributed by atoms with van der Waals surface area (Å²) in [6, 6.07) is 0. The van der Waals surface area contributed by atoms with Crippen molar-refractivity contribution in [3.8, 4) is 0 Å². The van der Waals surface area contributed by atoms with Crippen molar-refractivity contribution in [2.45, 2.75) is 40.0 Å². The minimum absolute atomic E-state index is 0.0432. The maximum atomic E-state index is 14.3. The van der Waals surface area contributed by atoms with Crippen molar-refractivity contribution in [2.75, 3.05) is 27.8 Å². The van der Waals surface area contributed by atoms with Crippen molar-refractivity contribution in [1.29, 1.82) is 0 Å². The summed E-state index contributed by atoms with van der Waals surface area (Å²) in [6.07, 6.45) is 3.94. The van der Waals surface area contributed by atoms with Gasteiger partial charge in [0.25, 0.3) is 0 Å².